The second-order valence-electron chi connectivity index (χ2n) is 8.24. The lowest BCUT2D eigenvalue weighted by atomic mass is 9.81. The quantitative estimate of drug-likeness (QED) is 0.558. The first-order chi connectivity index (χ1) is 15.6. The first-order valence-electron chi connectivity index (χ1n) is 10.9. The highest BCUT2D eigenvalue weighted by atomic mass is 19.1. The monoisotopic (exact) mass is 437 g/mol. The molecule has 2 atom stereocenters. The summed E-state index contributed by atoms with van der Waals surface area (Å²) in [5, 5.41) is 10.7. The Hall–Kier alpha value is -3.19. The Labute approximate surface area is 187 Å². The van der Waals surface area contributed by atoms with E-state index in [2.05, 4.69) is 15.8 Å². The number of amides is 1. The smallest absolute Gasteiger partial charge is 0.220 e. The summed E-state index contributed by atoms with van der Waals surface area (Å²) >= 11 is 0. The SMILES string of the molecule is COc1ccc(CNC(=O)C[C@@H]2CCNC[C@@H]2Cc2cc(-c3ccc(F)cc3)on2)cc1. The molecule has 6 nitrogen and oxygen atoms in total. The molecule has 0 spiro atoms. The Bertz CT molecular complexity index is 1020. The molecule has 7 heteroatoms. The lowest BCUT2D eigenvalue weighted by Crippen LogP contribution is -2.40. The van der Waals surface area contributed by atoms with Gasteiger partial charge in [-0.3, -0.25) is 4.79 Å². The third kappa shape index (κ3) is 5.73. The fourth-order valence-corrected chi connectivity index (χ4v) is 4.17. The van der Waals surface area contributed by atoms with E-state index in [-0.39, 0.29) is 17.6 Å². The van der Waals surface area contributed by atoms with E-state index in [1.54, 1.807) is 19.2 Å². The van der Waals surface area contributed by atoms with Crippen LogP contribution in [0.3, 0.4) is 0 Å². The number of nitrogens with zero attached hydrogens (tertiary/aromatic N) is 1. The maximum atomic E-state index is 13.2. The number of carbonyl (C=O) groups is 1. The fourth-order valence-electron chi connectivity index (χ4n) is 4.17. The van der Waals surface area contributed by atoms with Crippen LogP contribution in [0.5, 0.6) is 5.75 Å². The summed E-state index contributed by atoms with van der Waals surface area (Å²) in [6.45, 7) is 2.25. The summed E-state index contributed by atoms with van der Waals surface area (Å²) in [6.07, 6.45) is 2.17. The van der Waals surface area contributed by atoms with Gasteiger partial charge in [0.2, 0.25) is 5.91 Å². The third-order valence-corrected chi connectivity index (χ3v) is 6.02. The molecule has 2 heterocycles. The van der Waals surface area contributed by atoms with Crippen molar-refractivity contribution in [3.63, 3.8) is 0 Å². The van der Waals surface area contributed by atoms with Crippen molar-refractivity contribution in [2.24, 2.45) is 11.8 Å². The van der Waals surface area contributed by atoms with Gasteiger partial charge in [-0.25, -0.2) is 4.39 Å². The van der Waals surface area contributed by atoms with E-state index in [4.69, 9.17) is 9.26 Å². The Kier molecular flexibility index (Phi) is 7.17. The lowest BCUT2D eigenvalue weighted by Gasteiger charge is -2.31. The van der Waals surface area contributed by atoms with Gasteiger partial charge in [-0.05, 0) is 79.7 Å². The van der Waals surface area contributed by atoms with Crippen LogP contribution >= 0.6 is 0 Å². The van der Waals surface area contributed by atoms with Gasteiger partial charge in [-0.15, -0.1) is 0 Å². The van der Waals surface area contributed by atoms with Gasteiger partial charge in [-0.1, -0.05) is 17.3 Å². The Morgan fingerprint density at radius 2 is 1.97 bits per heavy atom. The fraction of sp³-hybridized carbons (Fsp3) is 0.360. The first-order valence-corrected chi connectivity index (χ1v) is 10.9. The van der Waals surface area contributed by atoms with E-state index in [1.807, 2.05) is 30.3 Å². The molecule has 2 aromatic carbocycles. The molecule has 4 rings (SSSR count). The number of hydrogen-bond donors (Lipinski definition) is 2. The van der Waals surface area contributed by atoms with E-state index < -0.39 is 0 Å². The van der Waals surface area contributed by atoms with Gasteiger partial charge < -0.3 is 19.9 Å². The number of ether oxygens (including phenoxy) is 1. The van der Waals surface area contributed by atoms with Crippen LogP contribution in [-0.2, 0) is 17.8 Å². The van der Waals surface area contributed by atoms with Gasteiger partial charge in [0.1, 0.15) is 11.6 Å². The number of halogens is 1. The predicted octanol–water partition coefficient (Wildman–Crippen LogP) is 3.96. The summed E-state index contributed by atoms with van der Waals surface area (Å²) in [7, 11) is 1.63. The Morgan fingerprint density at radius 1 is 1.19 bits per heavy atom. The van der Waals surface area contributed by atoms with Crippen molar-refractivity contribution in [3.05, 3.63) is 71.7 Å². The predicted molar refractivity (Wildman–Crippen MR) is 120 cm³/mol. The van der Waals surface area contributed by atoms with E-state index >= 15 is 0 Å². The number of benzene rings is 2. The van der Waals surface area contributed by atoms with Gasteiger partial charge >= 0.3 is 0 Å². The zero-order valence-electron chi connectivity index (χ0n) is 18.1. The molecule has 1 saturated heterocycles. The highest BCUT2D eigenvalue weighted by Crippen LogP contribution is 2.28. The summed E-state index contributed by atoms with van der Waals surface area (Å²) in [4.78, 5) is 12.6. The number of hydrogen-bond acceptors (Lipinski definition) is 5. The lowest BCUT2D eigenvalue weighted by molar-refractivity contribution is -0.122. The van der Waals surface area contributed by atoms with E-state index in [0.29, 0.717) is 24.6 Å². The molecule has 1 aromatic heterocycles. The van der Waals surface area contributed by atoms with Crippen molar-refractivity contribution < 1.29 is 18.4 Å². The number of carbonyl (C=O) groups excluding carboxylic acids is 1. The second-order valence-corrected chi connectivity index (χ2v) is 8.24. The molecule has 2 N–H and O–H groups in total. The molecule has 0 unspecified atom stereocenters. The number of nitrogens with one attached hydrogen (secondary N) is 2. The summed E-state index contributed by atoms with van der Waals surface area (Å²) in [6, 6.07) is 15.8. The molecule has 0 bridgehead atoms. The molecule has 1 amide bonds. The largest absolute Gasteiger partial charge is 0.497 e. The molecule has 1 fully saturated rings. The van der Waals surface area contributed by atoms with Crippen LogP contribution in [0.15, 0.2) is 59.1 Å². The molecule has 3 aromatic rings. The third-order valence-electron chi connectivity index (χ3n) is 6.02. The van der Waals surface area contributed by atoms with E-state index in [1.165, 1.54) is 12.1 Å². The van der Waals surface area contributed by atoms with Gasteiger partial charge in [-0.2, -0.15) is 0 Å². The average Bonchev–Trinajstić information content (AvgIpc) is 3.28. The van der Waals surface area contributed by atoms with Crippen LogP contribution in [-0.4, -0.2) is 31.3 Å². The molecule has 0 aliphatic carbocycles. The minimum absolute atomic E-state index is 0.0601. The summed E-state index contributed by atoms with van der Waals surface area (Å²) in [5.74, 6) is 1.77. The summed E-state index contributed by atoms with van der Waals surface area (Å²) in [5.41, 5.74) is 2.68. The zero-order chi connectivity index (χ0) is 22.3. The molecule has 32 heavy (non-hydrogen) atoms. The van der Waals surface area contributed by atoms with Crippen LogP contribution in [0, 0.1) is 17.7 Å². The molecule has 1 aliphatic heterocycles. The zero-order valence-corrected chi connectivity index (χ0v) is 18.1. The molecule has 0 saturated carbocycles. The van der Waals surface area contributed by atoms with Crippen molar-refractivity contribution in [1.29, 1.82) is 0 Å². The van der Waals surface area contributed by atoms with Crippen LogP contribution in [0.1, 0.15) is 24.1 Å². The van der Waals surface area contributed by atoms with Gasteiger partial charge in [0.25, 0.3) is 0 Å². The average molecular weight is 438 g/mol. The maximum Gasteiger partial charge on any atom is 0.220 e. The standard InChI is InChI=1S/C25H28FN3O3/c1-31-23-8-2-17(3-9-23)15-28-25(30)13-19-10-11-27-16-20(19)12-22-14-24(32-29-22)18-4-6-21(26)7-5-18/h2-9,14,19-20,27H,10-13,15-16H2,1H3,(H,28,30)/t19-,20-/m0/s1. The van der Waals surface area contributed by atoms with E-state index in [9.17, 15) is 9.18 Å². The number of methoxy groups -OCH3 is 1. The van der Waals surface area contributed by atoms with Gasteiger partial charge in [0.05, 0.1) is 12.8 Å². The first kappa shape index (κ1) is 22.0. The van der Waals surface area contributed by atoms with Crippen molar-refractivity contribution in [3.8, 4) is 17.1 Å². The topological polar surface area (TPSA) is 76.4 Å². The van der Waals surface area contributed by atoms with Crippen molar-refractivity contribution in [2.45, 2.75) is 25.8 Å². The molecule has 168 valence electrons. The minimum Gasteiger partial charge on any atom is -0.497 e. The molecule has 0 radical (unpaired) electrons. The normalized spacial score (nSPS) is 18.3. The highest BCUT2D eigenvalue weighted by Gasteiger charge is 2.28. The molecule has 1 aliphatic rings. The summed E-state index contributed by atoms with van der Waals surface area (Å²) < 4.78 is 23.8. The minimum atomic E-state index is -0.283. The number of piperidine rings is 1. The number of rotatable bonds is 8. The van der Waals surface area contributed by atoms with Crippen LogP contribution in [0.25, 0.3) is 11.3 Å². The van der Waals surface area contributed by atoms with Gasteiger partial charge in [0.15, 0.2) is 5.76 Å². The number of aromatic nitrogens is 1. The maximum absolute atomic E-state index is 13.2. The van der Waals surface area contributed by atoms with Crippen molar-refractivity contribution in [2.75, 3.05) is 20.2 Å². The van der Waals surface area contributed by atoms with E-state index in [0.717, 1.165) is 48.5 Å². The highest BCUT2D eigenvalue weighted by molar-refractivity contribution is 5.76. The van der Waals surface area contributed by atoms with Crippen LogP contribution in [0.2, 0.25) is 0 Å². The Morgan fingerprint density at radius 3 is 2.72 bits per heavy atom. The molecular formula is C25H28FN3O3. The van der Waals surface area contributed by atoms with Crippen LogP contribution in [0.4, 0.5) is 4.39 Å². The van der Waals surface area contributed by atoms with Crippen molar-refractivity contribution >= 4 is 5.91 Å². The Balaban J connectivity index is 1.32. The van der Waals surface area contributed by atoms with Crippen molar-refractivity contribution in [1.82, 2.24) is 15.8 Å². The molecular weight excluding hydrogens is 409 g/mol. The second kappa shape index (κ2) is 10.4. The van der Waals surface area contributed by atoms with Gasteiger partial charge in [0, 0.05) is 24.6 Å². The van der Waals surface area contributed by atoms with Crippen LogP contribution < -0.4 is 15.4 Å².